The van der Waals surface area contributed by atoms with Gasteiger partial charge in [0.1, 0.15) is 11.2 Å². The van der Waals surface area contributed by atoms with E-state index in [2.05, 4.69) is 55.2 Å². The molecule has 0 unspecified atom stereocenters. The Balaban J connectivity index is 1.42. The van der Waals surface area contributed by atoms with Crippen LogP contribution in [0.1, 0.15) is 48.9 Å². The van der Waals surface area contributed by atoms with Gasteiger partial charge in [0.2, 0.25) is 0 Å². The van der Waals surface area contributed by atoms with Crippen molar-refractivity contribution in [3.05, 3.63) is 122 Å². The van der Waals surface area contributed by atoms with Crippen molar-refractivity contribution in [1.82, 2.24) is 4.98 Å². The van der Waals surface area contributed by atoms with Crippen molar-refractivity contribution in [1.29, 1.82) is 0 Å². The number of pyridine rings is 1. The average molecular weight is 580 g/mol. The standard InChI is InChI=1S/C39H33NO4/c1-5-7-24-9-13-30-26(17-24)11-15-32-36(30)22(3)34(38(41)43-32)28-19-29(21-40-20-28)35-23(4)37-31-14-10-25(8-6-2)18-27(31)12-16-33(37)44-39(35)42/h9-21H,5-8H2,1-4H3. The third-order valence-electron chi connectivity index (χ3n) is 8.80. The molecule has 218 valence electrons. The molecule has 3 aromatic heterocycles. The summed E-state index contributed by atoms with van der Waals surface area (Å²) in [6.07, 6.45) is 7.48. The van der Waals surface area contributed by atoms with Gasteiger partial charge in [-0.25, -0.2) is 9.59 Å². The van der Waals surface area contributed by atoms with E-state index in [0.29, 0.717) is 33.4 Å². The number of benzene rings is 4. The second kappa shape index (κ2) is 10.9. The first-order chi connectivity index (χ1) is 21.4. The van der Waals surface area contributed by atoms with Gasteiger partial charge >= 0.3 is 11.3 Å². The Hall–Kier alpha value is -5.03. The van der Waals surface area contributed by atoms with Gasteiger partial charge in [0, 0.05) is 34.3 Å². The number of aryl methyl sites for hydroxylation is 4. The molecule has 7 aromatic rings. The van der Waals surface area contributed by atoms with Crippen molar-refractivity contribution >= 4 is 43.5 Å². The number of hydrogen-bond acceptors (Lipinski definition) is 5. The topological polar surface area (TPSA) is 73.3 Å². The second-order valence-electron chi connectivity index (χ2n) is 11.7. The molecule has 44 heavy (non-hydrogen) atoms. The maximum atomic E-state index is 13.4. The molecule has 0 fully saturated rings. The lowest BCUT2D eigenvalue weighted by Crippen LogP contribution is -2.09. The SMILES string of the molecule is CCCc1ccc2c(ccc3oc(=O)c(-c4cncc(-c5c(C)c6c(ccc7cc(CCC)ccc76)oc5=O)c4)c(C)c32)c1. The third-order valence-corrected chi connectivity index (χ3v) is 8.80. The van der Waals surface area contributed by atoms with Crippen LogP contribution in [0.15, 0.2) is 97.5 Å². The van der Waals surface area contributed by atoms with Gasteiger partial charge in [-0.05, 0) is 88.7 Å². The van der Waals surface area contributed by atoms with E-state index in [-0.39, 0.29) is 0 Å². The maximum absolute atomic E-state index is 13.4. The van der Waals surface area contributed by atoms with Crippen LogP contribution in [0.25, 0.3) is 65.7 Å². The van der Waals surface area contributed by atoms with Crippen LogP contribution >= 0.6 is 0 Å². The molecule has 7 rings (SSSR count). The third kappa shape index (κ3) is 4.51. The highest BCUT2D eigenvalue weighted by Gasteiger charge is 2.20. The van der Waals surface area contributed by atoms with Gasteiger partial charge in [0.15, 0.2) is 0 Å². The molecule has 0 radical (unpaired) electrons. The summed E-state index contributed by atoms with van der Waals surface area (Å²) in [5.74, 6) is 0. The molecule has 0 spiro atoms. The zero-order valence-corrected chi connectivity index (χ0v) is 25.4. The van der Waals surface area contributed by atoms with E-state index in [0.717, 1.165) is 69.1 Å². The quantitative estimate of drug-likeness (QED) is 0.145. The molecule has 0 aliphatic rings. The van der Waals surface area contributed by atoms with E-state index in [1.807, 2.05) is 44.2 Å². The van der Waals surface area contributed by atoms with Crippen LogP contribution in [0, 0.1) is 13.8 Å². The molecule has 0 bridgehead atoms. The van der Waals surface area contributed by atoms with Crippen molar-refractivity contribution in [2.45, 2.75) is 53.4 Å². The van der Waals surface area contributed by atoms with Gasteiger partial charge in [-0.1, -0.05) is 75.2 Å². The fourth-order valence-corrected chi connectivity index (χ4v) is 6.79. The normalized spacial score (nSPS) is 11.7. The second-order valence-corrected chi connectivity index (χ2v) is 11.7. The van der Waals surface area contributed by atoms with E-state index >= 15 is 0 Å². The Morgan fingerprint density at radius 2 is 1.05 bits per heavy atom. The van der Waals surface area contributed by atoms with E-state index < -0.39 is 11.3 Å². The van der Waals surface area contributed by atoms with Gasteiger partial charge in [-0.15, -0.1) is 0 Å². The minimum absolute atomic E-state index is 0.438. The first-order valence-electron chi connectivity index (χ1n) is 15.3. The Bertz CT molecular complexity index is 2210. The molecule has 0 aliphatic heterocycles. The average Bonchev–Trinajstić information content (AvgIpc) is 3.01. The molecule has 0 saturated carbocycles. The molecule has 0 amide bonds. The van der Waals surface area contributed by atoms with Crippen LogP contribution in [0.2, 0.25) is 0 Å². The zero-order valence-electron chi connectivity index (χ0n) is 25.4. The van der Waals surface area contributed by atoms with Crippen molar-refractivity contribution in [2.75, 3.05) is 0 Å². The lowest BCUT2D eigenvalue weighted by molar-refractivity contribution is 0.562. The molecule has 0 N–H and O–H groups in total. The van der Waals surface area contributed by atoms with Gasteiger partial charge in [0.25, 0.3) is 0 Å². The highest BCUT2D eigenvalue weighted by Crippen LogP contribution is 2.36. The van der Waals surface area contributed by atoms with E-state index in [1.54, 1.807) is 12.4 Å². The molecule has 0 saturated heterocycles. The summed E-state index contributed by atoms with van der Waals surface area (Å²) >= 11 is 0. The van der Waals surface area contributed by atoms with E-state index in [4.69, 9.17) is 8.83 Å². The van der Waals surface area contributed by atoms with Crippen molar-refractivity contribution in [3.8, 4) is 22.3 Å². The highest BCUT2D eigenvalue weighted by atomic mass is 16.4. The minimum Gasteiger partial charge on any atom is -0.422 e. The number of aromatic nitrogens is 1. The molecule has 0 aliphatic carbocycles. The predicted octanol–water partition coefficient (Wildman–Crippen LogP) is 9.46. The fraction of sp³-hybridized carbons (Fsp3) is 0.205. The lowest BCUT2D eigenvalue weighted by Gasteiger charge is -2.13. The summed E-state index contributed by atoms with van der Waals surface area (Å²) in [6.45, 7) is 8.25. The van der Waals surface area contributed by atoms with Crippen LogP contribution < -0.4 is 11.3 Å². The van der Waals surface area contributed by atoms with E-state index in [1.165, 1.54) is 11.1 Å². The summed E-state index contributed by atoms with van der Waals surface area (Å²) in [5.41, 5.74) is 6.50. The Kier molecular flexibility index (Phi) is 6.89. The van der Waals surface area contributed by atoms with Crippen LogP contribution in [0.5, 0.6) is 0 Å². The van der Waals surface area contributed by atoms with Crippen molar-refractivity contribution < 1.29 is 8.83 Å². The van der Waals surface area contributed by atoms with Gasteiger partial charge in [-0.2, -0.15) is 0 Å². The Morgan fingerprint density at radius 1 is 0.591 bits per heavy atom. The van der Waals surface area contributed by atoms with E-state index in [9.17, 15) is 9.59 Å². The first kappa shape index (κ1) is 27.8. The molecular weight excluding hydrogens is 546 g/mol. The maximum Gasteiger partial charge on any atom is 0.344 e. The van der Waals surface area contributed by atoms with Gasteiger partial charge in [-0.3, -0.25) is 4.98 Å². The summed E-state index contributed by atoms with van der Waals surface area (Å²) in [6, 6.07) is 22.6. The molecule has 5 heteroatoms. The number of nitrogens with zero attached hydrogens (tertiary/aromatic N) is 1. The monoisotopic (exact) mass is 579 g/mol. The molecule has 4 aromatic carbocycles. The Labute approximate surface area is 254 Å². The number of rotatable bonds is 6. The smallest absolute Gasteiger partial charge is 0.344 e. The molecule has 3 heterocycles. The molecule has 0 atom stereocenters. The lowest BCUT2D eigenvalue weighted by atomic mass is 9.93. The van der Waals surface area contributed by atoms with Crippen LogP contribution in [0.4, 0.5) is 0 Å². The summed E-state index contributed by atoms with van der Waals surface area (Å²) in [5, 5.41) is 6.10. The van der Waals surface area contributed by atoms with Crippen LogP contribution in [-0.4, -0.2) is 4.98 Å². The largest absolute Gasteiger partial charge is 0.422 e. The van der Waals surface area contributed by atoms with Crippen molar-refractivity contribution in [3.63, 3.8) is 0 Å². The highest BCUT2D eigenvalue weighted by molar-refractivity contribution is 6.10. The van der Waals surface area contributed by atoms with Gasteiger partial charge < -0.3 is 8.83 Å². The number of hydrogen-bond donors (Lipinski definition) is 0. The van der Waals surface area contributed by atoms with Gasteiger partial charge in [0.05, 0.1) is 11.1 Å². The first-order valence-corrected chi connectivity index (χ1v) is 15.3. The fourth-order valence-electron chi connectivity index (χ4n) is 6.79. The zero-order chi connectivity index (χ0) is 30.5. The minimum atomic E-state index is -0.438. The summed E-state index contributed by atoms with van der Waals surface area (Å²) in [7, 11) is 0. The Morgan fingerprint density at radius 3 is 1.48 bits per heavy atom. The molecular formula is C39H33NO4. The van der Waals surface area contributed by atoms with Crippen LogP contribution in [-0.2, 0) is 12.8 Å². The number of fused-ring (bicyclic) bond motifs is 6. The molecule has 5 nitrogen and oxygen atoms in total. The summed E-state index contributed by atoms with van der Waals surface area (Å²) < 4.78 is 11.8. The summed E-state index contributed by atoms with van der Waals surface area (Å²) in [4.78, 5) is 31.4. The predicted molar refractivity (Wildman–Crippen MR) is 180 cm³/mol. The van der Waals surface area contributed by atoms with Crippen molar-refractivity contribution in [2.24, 2.45) is 0 Å². The van der Waals surface area contributed by atoms with Crippen LogP contribution in [0.3, 0.4) is 0 Å².